The molecule has 2 rings (SSSR count). The number of ether oxygens (including phenoxy) is 1. The predicted octanol–water partition coefficient (Wildman–Crippen LogP) is 3.33. The monoisotopic (exact) mass is 298 g/mol. The fraction of sp³-hybridized carbons (Fsp3) is 0.278. The maximum Gasteiger partial charge on any atom is 0.249 e. The maximum absolute atomic E-state index is 12.5. The van der Waals surface area contributed by atoms with Gasteiger partial charge >= 0.3 is 0 Å². The number of nitrogens with one attached hydrogen (secondary N) is 1. The molecule has 116 valence electrons. The summed E-state index contributed by atoms with van der Waals surface area (Å²) in [7, 11) is 3.52. The van der Waals surface area contributed by atoms with E-state index in [2.05, 4.69) is 5.32 Å². The van der Waals surface area contributed by atoms with Crippen molar-refractivity contribution in [2.45, 2.75) is 13.0 Å². The minimum atomic E-state index is -0.446. The third-order valence-electron chi connectivity index (χ3n) is 3.31. The van der Waals surface area contributed by atoms with Gasteiger partial charge in [0.2, 0.25) is 5.91 Å². The summed E-state index contributed by atoms with van der Waals surface area (Å²) in [5, 5.41) is 3.31. The quantitative estimate of drug-likeness (QED) is 0.889. The number of rotatable bonds is 6. The number of para-hydroxylation sites is 2. The van der Waals surface area contributed by atoms with Crippen molar-refractivity contribution in [3.8, 4) is 5.75 Å². The molecule has 4 heteroatoms. The third kappa shape index (κ3) is 3.79. The van der Waals surface area contributed by atoms with Gasteiger partial charge < -0.3 is 15.0 Å². The van der Waals surface area contributed by atoms with Crippen LogP contribution < -0.4 is 10.1 Å². The standard InChI is InChI=1S/C18H22N2O2/c1-4-22-16-13-9-8-12-15(16)19-17(18(21)20(2)3)14-10-6-5-7-11-14/h5-13,17,19H,4H2,1-3H3/t17-/m0/s1. The Hall–Kier alpha value is -2.49. The van der Waals surface area contributed by atoms with Crippen molar-refractivity contribution in [1.82, 2.24) is 4.90 Å². The average Bonchev–Trinajstić information content (AvgIpc) is 2.54. The van der Waals surface area contributed by atoms with Gasteiger partial charge in [0.15, 0.2) is 0 Å². The molecule has 0 aromatic heterocycles. The van der Waals surface area contributed by atoms with Crippen molar-refractivity contribution < 1.29 is 9.53 Å². The number of amides is 1. The highest BCUT2D eigenvalue weighted by molar-refractivity contribution is 5.86. The minimum Gasteiger partial charge on any atom is -0.492 e. The molecule has 0 fully saturated rings. The van der Waals surface area contributed by atoms with Crippen molar-refractivity contribution in [2.75, 3.05) is 26.0 Å². The van der Waals surface area contributed by atoms with Crippen LogP contribution in [0.1, 0.15) is 18.5 Å². The maximum atomic E-state index is 12.5. The Kier molecular flexibility index (Phi) is 5.42. The largest absolute Gasteiger partial charge is 0.492 e. The molecule has 1 atom stereocenters. The topological polar surface area (TPSA) is 41.6 Å². The van der Waals surface area contributed by atoms with Gasteiger partial charge in [0.1, 0.15) is 11.8 Å². The zero-order valence-electron chi connectivity index (χ0n) is 13.2. The Bertz CT molecular complexity index is 611. The number of benzene rings is 2. The van der Waals surface area contributed by atoms with Crippen LogP contribution in [0.15, 0.2) is 54.6 Å². The first-order valence-corrected chi connectivity index (χ1v) is 7.38. The lowest BCUT2D eigenvalue weighted by molar-refractivity contribution is -0.129. The first-order valence-electron chi connectivity index (χ1n) is 7.38. The summed E-state index contributed by atoms with van der Waals surface area (Å²) >= 11 is 0. The van der Waals surface area contributed by atoms with Crippen molar-refractivity contribution in [3.05, 3.63) is 60.2 Å². The number of hydrogen-bond acceptors (Lipinski definition) is 3. The second kappa shape index (κ2) is 7.50. The predicted molar refractivity (Wildman–Crippen MR) is 89.1 cm³/mol. The van der Waals surface area contributed by atoms with E-state index in [1.807, 2.05) is 61.5 Å². The molecule has 0 saturated heterocycles. The molecule has 1 N–H and O–H groups in total. The Balaban J connectivity index is 2.33. The van der Waals surface area contributed by atoms with E-state index in [0.717, 1.165) is 17.0 Å². The van der Waals surface area contributed by atoms with Crippen molar-refractivity contribution in [2.24, 2.45) is 0 Å². The minimum absolute atomic E-state index is 0.00231. The second-order valence-electron chi connectivity index (χ2n) is 5.15. The van der Waals surface area contributed by atoms with Crippen LogP contribution in [-0.4, -0.2) is 31.5 Å². The molecule has 0 heterocycles. The molecule has 0 unspecified atom stereocenters. The molecule has 0 bridgehead atoms. The van der Waals surface area contributed by atoms with E-state index in [1.165, 1.54) is 0 Å². The number of carbonyl (C=O) groups is 1. The van der Waals surface area contributed by atoms with E-state index in [1.54, 1.807) is 19.0 Å². The van der Waals surface area contributed by atoms with Gasteiger partial charge in [-0.15, -0.1) is 0 Å². The van der Waals surface area contributed by atoms with Crippen molar-refractivity contribution >= 4 is 11.6 Å². The van der Waals surface area contributed by atoms with Crippen LogP contribution >= 0.6 is 0 Å². The summed E-state index contributed by atoms with van der Waals surface area (Å²) in [5.41, 5.74) is 1.74. The smallest absolute Gasteiger partial charge is 0.249 e. The Morgan fingerprint density at radius 1 is 1.09 bits per heavy atom. The van der Waals surface area contributed by atoms with Gasteiger partial charge in [-0.2, -0.15) is 0 Å². The first-order chi connectivity index (χ1) is 10.6. The van der Waals surface area contributed by atoms with Gasteiger partial charge in [0, 0.05) is 14.1 Å². The Labute approximate surface area is 131 Å². The van der Waals surface area contributed by atoms with E-state index < -0.39 is 6.04 Å². The molecule has 4 nitrogen and oxygen atoms in total. The zero-order valence-corrected chi connectivity index (χ0v) is 13.2. The fourth-order valence-electron chi connectivity index (χ4n) is 2.21. The van der Waals surface area contributed by atoms with Crippen LogP contribution in [0.3, 0.4) is 0 Å². The summed E-state index contributed by atoms with van der Waals surface area (Å²) in [5.74, 6) is 0.745. The zero-order chi connectivity index (χ0) is 15.9. The Morgan fingerprint density at radius 3 is 2.36 bits per heavy atom. The molecule has 0 aliphatic carbocycles. The van der Waals surface area contributed by atoms with Crippen LogP contribution in [0.2, 0.25) is 0 Å². The van der Waals surface area contributed by atoms with E-state index in [4.69, 9.17) is 4.74 Å². The molecule has 0 aliphatic rings. The summed E-state index contributed by atoms with van der Waals surface area (Å²) in [6.07, 6.45) is 0. The van der Waals surface area contributed by atoms with Crippen LogP contribution in [0.4, 0.5) is 5.69 Å². The first kappa shape index (κ1) is 15.9. The van der Waals surface area contributed by atoms with Crippen LogP contribution in [0.25, 0.3) is 0 Å². The van der Waals surface area contributed by atoms with Gasteiger partial charge in [-0.3, -0.25) is 4.79 Å². The number of likely N-dealkylation sites (N-methyl/N-ethyl adjacent to an activating group) is 1. The molecular formula is C18H22N2O2. The summed E-state index contributed by atoms with van der Waals surface area (Å²) < 4.78 is 5.63. The lowest BCUT2D eigenvalue weighted by atomic mass is 10.1. The summed E-state index contributed by atoms with van der Waals surface area (Å²) in [6.45, 7) is 2.52. The number of carbonyl (C=O) groups excluding carboxylic acids is 1. The van der Waals surface area contributed by atoms with E-state index in [9.17, 15) is 4.79 Å². The number of anilines is 1. The highest BCUT2D eigenvalue weighted by Gasteiger charge is 2.23. The van der Waals surface area contributed by atoms with Crippen molar-refractivity contribution in [3.63, 3.8) is 0 Å². The molecule has 1 amide bonds. The van der Waals surface area contributed by atoms with Crippen LogP contribution in [0.5, 0.6) is 5.75 Å². The second-order valence-corrected chi connectivity index (χ2v) is 5.15. The fourth-order valence-corrected chi connectivity index (χ4v) is 2.21. The molecule has 0 aliphatic heterocycles. The molecule has 22 heavy (non-hydrogen) atoms. The lowest BCUT2D eigenvalue weighted by Crippen LogP contribution is -2.32. The van der Waals surface area contributed by atoms with Crippen LogP contribution in [0, 0.1) is 0 Å². The van der Waals surface area contributed by atoms with E-state index in [0.29, 0.717) is 6.61 Å². The number of hydrogen-bond donors (Lipinski definition) is 1. The van der Waals surface area contributed by atoms with Gasteiger partial charge in [-0.25, -0.2) is 0 Å². The van der Waals surface area contributed by atoms with Gasteiger partial charge in [-0.05, 0) is 24.6 Å². The summed E-state index contributed by atoms with van der Waals surface area (Å²) in [4.78, 5) is 14.1. The van der Waals surface area contributed by atoms with Gasteiger partial charge in [-0.1, -0.05) is 42.5 Å². The van der Waals surface area contributed by atoms with E-state index in [-0.39, 0.29) is 5.91 Å². The lowest BCUT2D eigenvalue weighted by Gasteiger charge is -2.24. The van der Waals surface area contributed by atoms with Gasteiger partial charge in [0.05, 0.1) is 12.3 Å². The molecule has 2 aromatic rings. The van der Waals surface area contributed by atoms with Gasteiger partial charge in [0.25, 0.3) is 0 Å². The molecule has 0 radical (unpaired) electrons. The SMILES string of the molecule is CCOc1ccccc1N[C@H](C(=O)N(C)C)c1ccccc1. The molecular weight excluding hydrogens is 276 g/mol. The highest BCUT2D eigenvalue weighted by atomic mass is 16.5. The average molecular weight is 298 g/mol. The van der Waals surface area contributed by atoms with E-state index >= 15 is 0 Å². The third-order valence-corrected chi connectivity index (χ3v) is 3.31. The van der Waals surface area contributed by atoms with Crippen molar-refractivity contribution in [1.29, 1.82) is 0 Å². The molecule has 0 saturated carbocycles. The Morgan fingerprint density at radius 2 is 1.73 bits per heavy atom. The molecule has 2 aromatic carbocycles. The number of nitrogens with zero attached hydrogens (tertiary/aromatic N) is 1. The van der Waals surface area contributed by atoms with Crippen LogP contribution in [-0.2, 0) is 4.79 Å². The summed E-state index contributed by atoms with van der Waals surface area (Å²) in [6, 6.07) is 16.9. The normalized spacial score (nSPS) is 11.6. The molecule has 0 spiro atoms. The highest BCUT2D eigenvalue weighted by Crippen LogP contribution is 2.29.